The molecule has 1 aromatic rings. The van der Waals surface area contributed by atoms with Crippen molar-refractivity contribution in [3.05, 3.63) is 29.8 Å². The number of rotatable bonds is 2. The predicted octanol–water partition coefficient (Wildman–Crippen LogP) is 2.64. The smallest absolute Gasteiger partial charge is 0.223 e. The van der Waals surface area contributed by atoms with E-state index in [9.17, 15) is 0 Å². The molecule has 1 heterocycles. The second-order valence-corrected chi connectivity index (χ2v) is 3.96. The van der Waals surface area contributed by atoms with Crippen LogP contribution >= 0.6 is 23.2 Å². The summed E-state index contributed by atoms with van der Waals surface area (Å²) in [6.07, 6.45) is 0. The summed E-state index contributed by atoms with van der Waals surface area (Å²) in [5.41, 5.74) is 2.08. The third kappa shape index (κ3) is 2.03. The summed E-state index contributed by atoms with van der Waals surface area (Å²) < 4.78 is 0. The van der Waals surface area contributed by atoms with E-state index in [0.717, 1.165) is 11.3 Å². The van der Waals surface area contributed by atoms with Crippen LogP contribution in [0.5, 0.6) is 0 Å². The Morgan fingerprint density at radius 1 is 1.40 bits per heavy atom. The molecule has 3 nitrogen and oxygen atoms in total. The van der Waals surface area contributed by atoms with Crippen molar-refractivity contribution in [3.8, 4) is 0 Å². The van der Waals surface area contributed by atoms with E-state index >= 15 is 0 Å². The van der Waals surface area contributed by atoms with Gasteiger partial charge in [-0.3, -0.25) is 9.91 Å². The number of halogens is 2. The molecule has 0 bridgehead atoms. The summed E-state index contributed by atoms with van der Waals surface area (Å²) in [5, 5.41) is 6.39. The molecule has 0 spiro atoms. The van der Waals surface area contributed by atoms with Crippen molar-refractivity contribution in [3.63, 3.8) is 0 Å². The van der Waals surface area contributed by atoms with Crippen LogP contribution in [0.2, 0.25) is 0 Å². The van der Waals surface area contributed by atoms with Gasteiger partial charge < -0.3 is 0 Å². The van der Waals surface area contributed by atoms with Crippen molar-refractivity contribution in [1.29, 1.82) is 0 Å². The van der Waals surface area contributed by atoms with Gasteiger partial charge in [-0.1, -0.05) is 18.2 Å². The van der Waals surface area contributed by atoms with Crippen LogP contribution in [0, 0.1) is 0 Å². The zero-order chi connectivity index (χ0) is 10.8. The van der Waals surface area contributed by atoms with Crippen LogP contribution in [-0.2, 0) is 5.88 Å². The van der Waals surface area contributed by atoms with Crippen molar-refractivity contribution in [1.82, 2.24) is 5.01 Å². The highest BCUT2D eigenvalue weighted by Crippen LogP contribution is 2.25. The number of anilines is 1. The summed E-state index contributed by atoms with van der Waals surface area (Å²) in [6, 6.07) is 7.92. The second-order valence-electron chi connectivity index (χ2n) is 3.36. The highest BCUT2D eigenvalue weighted by atomic mass is 35.5. The van der Waals surface area contributed by atoms with E-state index in [4.69, 9.17) is 23.2 Å². The van der Waals surface area contributed by atoms with Gasteiger partial charge in [0.2, 0.25) is 5.29 Å². The van der Waals surface area contributed by atoms with Crippen molar-refractivity contribution in [2.45, 2.75) is 5.88 Å². The molecular formula is C10H11Cl2N3. The van der Waals surface area contributed by atoms with E-state index < -0.39 is 0 Å². The van der Waals surface area contributed by atoms with Crippen LogP contribution in [-0.4, -0.2) is 24.0 Å². The number of benzene rings is 1. The van der Waals surface area contributed by atoms with E-state index in [1.54, 1.807) is 5.01 Å². The maximum Gasteiger partial charge on any atom is 0.223 e. The van der Waals surface area contributed by atoms with Crippen LogP contribution in [0.1, 0.15) is 5.56 Å². The number of hydrazone groups is 1. The normalized spacial score (nSPS) is 15.8. The molecule has 80 valence electrons. The number of para-hydroxylation sites is 1. The Labute approximate surface area is 98.9 Å². The van der Waals surface area contributed by atoms with Crippen molar-refractivity contribution in [2.24, 2.45) is 5.10 Å². The summed E-state index contributed by atoms with van der Waals surface area (Å²) in [6.45, 7) is 0.659. The van der Waals surface area contributed by atoms with E-state index in [1.165, 1.54) is 0 Å². The van der Waals surface area contributed by atoms with Gasteiger partial charge in [0.25, 0.3) is 0 Å². The Hall–Kier alpha value is -0.930. The Balaban J connectivity index is 2.34. The maximum absolute atomic E-state index is 6.03. The summed E-state index contributed by atoms with van der Waals surface area (Å²) >= 11 is 11.9. The van der Waals surface area contributed by atoms with E-state index in [-0.39, 0.29) is 0 Å². The lowest BCUT2D eigenvalue weighted by molar-refractivity contribution is 0.393. The van der Waals surface area contributed by atoms with Gasteiger partial charge in [0.1, 0.15) is 6.67 Å². The van der Waals surface area contributed by atoms with Gasteiger partial charge in [0.15, 0.2) is 0 Å². The molecule has 0 unspecified atom stereocenters. The van der Waals surface area contributed by atoms with Gasteiger partial charge in [0, 0.05) is 18.6 Å². The SMILES string of the molecule is CN1CN(c2ccccc2CCl)C(Cl)=N1. The van der Waals surface area contributed by atoms with Gasteiger partial charge in [-0.2, -0.15) is 0 Å². The molecule has 0 aliphatic carbocycles. The van der Waals surface area contributed by atoms with E-state index in [1.807, 2.05) is 36.2 Å². The number of hydrogen-bond donors (Lipinski definition) is 0. The average Bonchev–Trinajstić information content (AvgIpc) is 2.57. The number of alkyl halides is 1. The molecule has 5 heteroatoms. The Kier molecular flexibility index (Phi) is 3.03. The molecule has 1 aromatic carbocycles. The minimum atomic E-state index is 0.473. The van der Waals surface area contributed by atoms with E-state index in [2.05, 4.69) is 5.10 Å². The number of nitrogens with zero attached hydrogens (tertiary/aromatic N) is 3. The quantitative estimate of drug-likeness (QED) is 0.588. The molecule has 0 aromatic heterocycles. The molecule has 0 amide bonds. The first-order chi connectivity index (χ1) is 7.22. The van der Waals surface area contributed by atoms with Gasteiger partial charge in [0.05, 0.1) is 0 Å². The molecular weight excluding hydrogens is 233 g/mol. The first-order valence-corrected chi connectivity index (χ1v) is 5.50. The molecule has 2 rings (SSSR count). The zero-order valence-corrected chi connectivity index (χ0v) is 9.83. The molecule has 0 fully saturated rings. The summed E-state index contributed by atoms with van der Waals surface area (Å²) in [4.78, 5) is 1.93. The first-order valence-electron chi connectivity index (χ1n) is 4.59. The molecule has 0 radical (unpaired) electrons. The van der Waals surface area contributed by atoms with Crippen LogP contribution in [0.25, 0.3) is 0 Å². The lowest BCUT2D eigenvalue weighted by Crippen LogP contribution is -2.27. The van der Waals surface area contributed by atoms with Crippen molar-refractivity contribution < 1.29 is 0 Å². The van der Waals surface area contributed by atoms with Gasteiger partial charge in [-0.15, -0.1) is 16.7 Å². The van der Waals surface area contributed by atoms with Gasteiger partial charge in [-0.25, -0.2) is 0 Å². The minimum Gasteiger partial charge on any atom is -0.295 e. The Morgan fingerprint density at radius 3 is 2.73 bits per heavy atom. The standard InChI is InChI=1S/C10H11Cl2N3/c1-14-7-15(10(12)13-14)9-5-3-2-4-8(9)6-11/h2-5H,6-7H2,1H3. The number of hydrogen-bond acceptors (Lipinski definition) is 3. The summed E-state index contributed by atoms with van der Waals surface area (Å²) in [7, 11) is 1.88. The molecule has 15 heavy (non-hydrogen) atoms. The van der Waals surface area contributed by atoms with Crippen molar-refractivity contribution >= 4 is 34.2 Å². The molecule has 0 atom stereocenters. The Bertz CT molecular complexity index is 392. The highest BCUT2D eigenvalue weighted by Gasteiger charge is 2.21. The lowest BCUT2D eigenvalue weighted by atomic mass is 10.2. The summed E-state index contributed by atoms with van der Waals surface area (Å²) in [5.74, 6) is 0.473. The largest absolute Gasteiger partial charge is 0.295 e. The molecule has 0 saturated carbocycles. The lowest BCUT2D eigenvalue weighted by Gasteiger charge is -2.20. The van der Waals surface area contributed by atoms with Crippen LogP contribution < -0.4 is 4.90 Å². The van der Waals surface area contributed by atoms with Crippen LogP contribution in [0.15, 0.2) is 29.4 Å². The molecule has 0 N–H and O–H groups in total. The minimum absolute atomic E-state index is 0.473. The fourth-order valence-corrected chi connectivity index (χ4v) is 2.05. The highest BCUT2D eigenvalue weighted by molar-refractivity contribution is 6.68. The molecule has 1 aliphatic rings. The molecule has 1 aliphatic heterocycles. The molecule has 0 saturated heterocycles. The first kappa shape index (κ1) is 10.6. The maximum atomic E-state index is 6.03. The fourth-order valence-electron chi connectivity index (χ4n) is 1.55. The Morgan fingerprint density at radius 2 is 2.13 bits per heavy atom. The average molecular weight is 244 g/mol. The third-order valence-electron chi connectivity index (χ3n) is 2.25. The van der Waals surface area contributed by atoms with Gasteiger partial charge in [-0.05, 0) is 23.2 Å². The second kappa shape index (κ2) is 4.29. The predicted molar refractivity (Wildman–Crippen MR) is 64.4 cm³/mol. The van der Waals surface area contributed by atoms with Crippen LogP contribution in [0.3, 0.4) is 0 Å². The zero-order valence-electron chi connectivity index (χ0n) is 8.32. The topological polar surface area (TPSA) is 18.8 Å². The fraction of sp³-hybridized carbons (Fsp3) is 0.300. The van der Waals surface area contributed by atoms with Gasteiger partial charge >= 0.3 is 0 Å². The third-order valence-corrected chi connectivity index (χ3v) is 2.82. The van der Waals surface area contributed by atoms with Crippen LogP contribution in [0.4, 0.5) is 5.69 Å². The number of amidine groups is 1. The van der Waals surface area contributed by atoms with Crippen molar-refractivity contribution in [2.75, 3.05) is 18.6 Å². The monoisotopic (exact) mass is 243 g/mol. The van der Waals surface area contributed by atoms with E-state index in [0.29, 0.717) is 17.8 Å².